The highest BCUT2D eigenvalue weighted by Gasteiger charge is 2.27. The summed E-state index contributed by atoms with van der Waals surface area (Å²) < 4.78 is 5.98. The van der Waals surface area contributed by atoms with Crippen LogP contribution < -0.4 is 16.0 Å². The predicted molar refractivity (Wildman–Crippen MR) is 105 cm³/mol. The Morgan fingerprint density at radius 1 is 1.31 bits per heavy atom. The Balaban J connectivity index is 1.84. The van der Waals surface area contributed by atoms with Crippen molar-refractivity contribution in [3.63, 3.8) is 0 Å². The molecule has 1 aliphatic rings. The summed E-state index contributed by atoms with van der Waals surface area (Å²) in [6.07, 6.45) is 2.53. The second kappa shape index (κ2) is 8.06. The third kappa shape index (κ3) is 4.06. The first-order valence-electron chi connectivity index (χ1n) is 8.85. The molecule has 0 aromatic heterocycles. The normalized spacial score (nSPS) is 17.7. The summed E-state index contributed by atoms with van der Waals surface area (Å²) in [5.74, 6) is -0.411. The van der Waals surface area contributed by atoms with E-state index in [9.17, 15) is 4.79 Å². The number of nitrogens with zero attached hydrogens (tertiary/aromatic N) is 1. The van der Waals surface area contributed by atoms with Gasteiger partial charge in [0.25, 0.3) is 5.91 Å². The number of nitrogens with one attached hydrogen (secondary N) is 1. The molecular weight excluding hydrogens is 326 g/mol. The highest BCUT2D eigenvalue weighted by Crippen LogP contribution is 2.31. The number of carbonyl (C=O) groups is 1. The first kappa shape index (κ1) is 18.0. The van der Waals surface area contributed by atoms with E-state index in [-0.39, 0.29) is 12.3 Å². The maximum atomic E-state index is 11.9. The second-order valence-electron chi connectivity index (χ2n) is 6.47. The molecule has 0 bridgehead atoms. The molecule has 5 nitrogen and oxygen atoms in total. The van der Waals surface area contributed by atoms with Gasteiger partial charge in [0.1, 0.15) is 6.23 Å². The van der Waals surface area contributed by atoms with E-state index in [4.69, 9.17) is 10.5 Å². The molecule has 2 aromatic rings. The van der Waals surface area contributed by atoms with Crippen LogP contribution in [0.3, 0.4) is 0 Å². The van der Waals surface area contributed by atoms with Crippen LogP contribution in [0.15, 0.2) is 61.3 Å². The Morgan fingerprint density at radius 2 is 2.08 bits per heavy atom. The van der Waals surface area contributed by atoms with E-state index in [2.05, 4.69) is 28.9 Å². The maximum Gasteiger partial charge on any atom is 0.250 e. The molecular formula is C21H25N3O2. The first-order valence-corrected chi connectivity index (χ1v) is 8.85. The van der Waals surface area contributed by atoms with Crippen LogP contribution >= 0.6 is 0 Å². The molecule has 1 saturated heterocycles. The van der Waals surface area contributed by atoms with Crippen LogP contribution in [0.2, 0.25) is 0 Å². The zero-order valence-corrected chi connectivity index (χ0v) is 15.0. The third-order valence-electron chi connectivity index (χ3n) is 4.61. The lowest BCUT2D eigenvalue weighted by atomic mass is 10.0. The van der Waals surface area contributed by atoms with Gasteiger partial charge in [0.05, 0.1) is 17.4 Å². The molecule has 0 aliphatic carbocycles. The molecule has 1 unspecified atom stereocenters. The molecule has 3 rings (SSSR count). The van der Waals surface area contributed by atoms with Crippen LogP contribution in [0.4, 0.5) is 5.69 Å². The Bertz CT molecular complexity index is 776. The van der Waals surface area contributed by atoms with Crippen LogP contribution in [0, 0.1) is 0 Å². The molecule has 0 radical (unpaired) electrons. The van der Waals surface area contributed by atoms with E-state index in [1.165, 1.54) is 0 Å². The standard InChI is InChI=1S/C21H25N3O2/c1-3-23-15(2)26-18-11-12-24(14-18)20-13-17(9-10-19(20)21(22)25)16-7-5-4-6-8-16/h3-10,13,15,18,23H,1,11-12,14H2,2H3,(H2,22,25)/t15?,18-/m0/s1. The van der Waals surface area contributed by atoms with Crippen LogP contribution in [-0.4, -0.2) is 31.3 Å². The van der Waals surface area contributed by atoms with E-state index >= 15 is 0 Å². The lowest BCUT2D eigenvalue weighted by molar-refractivity contribution is -0.000662. The number of anilines is 1. The van der Waals surface area contributed by atoms with Crippen molar-refractivity contribution in [3.05, 3.63) is 66.9 Å². The van der Waals surface area contributed by atoms with Crippen LogP contribution in [0.5, 0.6) is 0 Å². The zero-order chi connectivity index (χ0) is 18.5. The molecule has 136 valence electrons. The van der Waals surface area contributed by atoms with Crippen molar-refractivity contribution in [1.29, 1.82) is 0 Å². The minimum atomic E-state index is -0.411. The summed E-state index contributed by atoms with van der Waals surface area (Å²) in [6.45, 7) is 7.16. The van der Waals surface area contributed by atoms with Gasteiger partial charge >= 0.3 is 0 Å². The predicted octanol–water partition coefficient (Wildman–Crippen LogP) is 3.13. The summed E-state index contributed by atoms with van der Waals surface area (Å²) >= 11 is 0. The number of amides is 1. The van der Waals surface area contributed by atoms with Crippen molar-refractivity contribution >= 4 is 11.6 Å². The highest BCUT2D eigenvalue weighted by atomic mass is 16.5. The van der Waals surface area contributed by atoms with Crippen molar-refractivity contribution < 1.29 is 9.53 Å². The Morgan fingerprint density at radius 3 is 2.77 bits per heavy atom. The first-order chi connectivity index (χ1) is 12.6. The third-order valence-corrected chi connectivity index (χ3v) is 4.61. The number of carbonyl (C=O) groups excluding carboxylic acids is 1. The van der Waals surface area contributed by atoms with E-state index in [1.54, 1.807) is 6.20 Å². The second-order valence-corrected chi connectivity index (χ2v) is 6.47. The molecule has 2 aromatic carbocycles. The lowest BCUT2D eigenvalue weighted by Crippen LogP contribution is -2.32. The number of benzene rings is 2. The molecule has 1 amide bonds. The van der Waals surface area contributed by atoms with Crippen LogP contribution in [-0.2, 0) is 4.74 Å². The highest BCUT2D eigenvalue weighted by molar-refractivity contribution is 5.99. The smallest absolute Gasteiger partial charge is 0.250 e. The van der Waals surface area contributed by atoms with Crippen molar-refractivity contribution in [2.75, 3.05) is 18.0 Å². The number of hydrogen-bond acceptors (Lipinski definition) is 4. The molecule has 2 atom stereocenters. The molecule has 0 spiro atoms. The quantitative estimate of drug-likeness (QED) is 0.752. The molecule has 26 heavy (non-hydrogen) atoms. The fourth-order valence-electron chi connectivity index (χ4n) is 3.36. The fourth-order valence-corrected chi connectivity index (χ4v) is 3.36. The number of rotatable bonds is 7. The molecule has 3 N–H and O–H groups in total. The van der Waals surface area contributed by atoms with Gasteiger partial charge in [0.2, 0.25) is 0 Å². The zero-order valence-electron chi connectivity index (χ0n) is 15.0. The molecule has 1 aliphatic heterocycles. The van der Waals surface area contributed by atoms with Gasteiger partial charge in [-0.1, -0.05) is 43.0 Å². The number of hydrogen-bond donors (Lipinski definition) is 2. The largest absolute Gasteiger partial charge is 0.368 e. The average Bonchev–Trinajstić information content (AvgIpc) is 3.10. The Hall–Kier alpha value is -2.79. The van der Waals surface area contributed by atoms with Crippen molar-refractivity contribution in [3.8, 4) is 11.1 Å². The topological polar surface area (TPSA) is 67.6 Å². The molecule has 1 fully saturated rings. The van der Waals surface area contributed by atoms with E-state index in [0.717, 1.165) is 36.3 Å². The van der Waals surface area contributed by atoms with Gasteiger partial charge in [0, 0.05) is 13.1 Å². The fraction of sp³-hybridized carbons (Fsp3) is 0.286. The van der Waals surface area contributed by atoms with Crippen LogP contribution in [0.25, 0.3) is 11.1 Å². The maximum absolute atomic E-state index is 11.9. The van der Waals surface area contributed by atoms with Gasteiger partial charge in [-0.05, 0) is 42.8 Å². The molecule has 5 heteroatoms. The monoisotopic (exact) mass is 351 g/mol. The summed E-state index contributed by atoms with van der Waals surface area (Å²) in [4.78, 5) is 14.1. The Kier molecular flexibility index (Phi) is 5.58. The van der Waals surface area contributed by atoms with Gasteiger partial charge in [-0.15, -0.1) is 0 Å². The van der Waals surface area contributed by atoms with Gasteiger partial charge in [-0.2, -0.15) is 0 Å². The molecule has 0 saturated carbocycles. The van der Waals surface area contributed by atoms with Crippen LogP contribution in [0.1, 0.15) is 23.7 Å². The lowest BCUT2D eigenvalue weighted by Gasteiger charge is -2.23. The van der Waals surface area contributed by atoms with Gasteiger partial charge in [0.15, 0.2) is 0 Å². The summed E-state index contributed by atoms with van der Waals surface area (Å²) in [6, 6.07) is 15.9. The van der Waals surface area contributed by atoms with Gasteiger partial charge in [-0.3, -0.25) is 4.79 Å². The minimum Gasteiger partial charge on any atom is -0.368 e. The minimum absolute atomic E-state index is 0.0938. The van der Waals surface area contributed by atoms with Gasteiger partial charge < -0.3 is 20.7 Å². The summed E-state index contributed by atoms with van der Waals surface area (Å²) in [5, 5.41) is 3.04. The van der Waals surface area contributed by atoms with Crippen molar-refractivity contribution in [1.82, 2.24) is 5.32 Å². The molecule has 1 heterocycles. The number of primary amides is 1. The number of ether oxygens (including phenoxy) is 1. The Labute approximate surface area is 154 Å². The number of nitrogens with two attached hydrogens (primary N) is 1. The van der Waals surface area contributed by atoms with Crippen molar-refractivity contribution in [2.45, 2.75) is 25.7 Å². The SMILES string of the molecule is C=CNC(C)O[C@H]1CCN(c2cc(-c3ccccc3)ccc2C(N)=O)C1. The van der Waals surface area contributed by atoms with Gasteiger partial charge in [-0.25, -0.2) is 0 Å². The van der Waals surface area contributed by atoms with E-state index in [1.807, 2.05) is 43.3 Å². The summed E-state index contributed by atoms with van der Waals surface area (Å²) in [5.41, 5.74) is 9.20. The average molecular weight is 351 g/mol. The van der Waals surface area contributed by atoms with E-state index in [0.29, 0.717) is 5.56 Å². The summed E-state index contributed by atoms with van der Waals surface area (Å²) in [7, 11) is 0. The van der Waals surface area contributed by atoms with Crippen molar-refractivity contribution in [2.24, 2.45) is 5.73 Å². The van der Waals surface area contributed by atoms with E-state index < -0.39 is 5.91 Å².